The molecule has 3 heterocycles. The van der Waals surface area contributed by atoms with Crippen LogP contribution in [0.1, 0.15) is 28.9 Å². The number of amides is 1. The van der Waals surface area contributed by atoms with Crippen LogP contribution in [0.4, 0.5) is 14.6 Å². The fraction of sp³-hybridized carbons (Fsp3) is 0.185. The number of rotatable bonds is 7. The van der Waals surface area contributed by atoms with Crippen molar-refractivity contribution in [3.8, 4) is 11.3 Å². The number of carbonyl (C=O) groups is 1. The molecule has 194 valence electrons. The normalized spacial score (nSPS) is 11.4. The highest BCUT2D eigenvalue weighted by Crippen LogP contribution is 2.33. The highest BCUT2D eigenvalue weighted by atomic mass is 35.5. The molecule has 0 atom stereocenters. The quantitative estimate of drug-likeness (QED) is 0.239. The maximum absolute atomic E-state index is 14.0. The van der Waals surface area contributed by atoms with Gasteiger partial charge >= 0.3 is 0 Å². The summed E-state index contributed by atoms with van der Waals surface area (Å²) in [6, 6.07) is 17.4. The standard InChI is InChI=1S/C27H22Cl2F2N6O/c1-15-10-23(35-36(15)13-18-8-9-19(28)11-21(18)29)33-24(38)14-37-27-25(16(2)34-37)20(26(30)31)12-22(32-27)17-6-4-3-5-7-17/h3-12,26H,13-14H2,1-2H3,(H,33,35,38). The fourth-order valence-corrected chi connectivity index (χ4v) is 4.76. The molecule has 0 spiro atoms. The first kappa shape index (κ1) is 25.8. The van der Waals surface area contributed by atoms with Gasteiger partial charge in [-0.1, -0.05) is 59.6 Å². The summed E-state index contributed by atoms with van der Waals surface area (Å²) < 4.78 is 31.1. The predicted molar refractivity (Wildman–Crippen MR) is 144 cm³/mol. The van der Waals surface area contributed by atoms with E-state index in [2.05, 4.69) is 20.5 Å². The summed E-state index contributed by atoms with van der Waals surface area (Å²) in [5.41, 5.74) is 3.12. The molecule has 0 fully saturated rings. The molecular weight excluding hydrogens is 533 g/mol. The molecule has 0 bridgehead atoms. The Balaban J connectivity index is 1.40. The Bertz CT molecular complexity index is 1650. The van der Waals surface area contributed by atoms with Gasteiger partial charge in [-0.25, -0.2) is 18.4 Å². The molecule has 5 aromatic rings. The van der Waals surface area contributed by atoms with Crippen LogP contribution < -0.4 is 5.32 Å². The lowest BCUT2D eigenvalue weighted by Gasteiger charge is -2.09. The van der Waals surface area contributed by atoms with E-state index in [0.717, 1.165) is 11.3 Å². The van der Waals surface area contributed by atoms with E-state index in [0.29, 0.717) is 39.4 Å². The molecule has 0 saturated carbocycles. The van der Waals surface area contributed by atoms with E-state index in [1.54, 1.807) is 54.1 Å². The Hall–Kier alpha value is -3.82. The first-order valence-corrected chi connectivity index (χ1v) is 12.4. The van der Waals surface area contributed by atoms with Crippen molar-refractivity contribution in [2.24, 2.45) is 0 Å². The third kappa shape index (κ3) is 5.25. The molecule has 1 amide bonds. The van der Waals surface area contributed by atoms with E-state index < -0.39 is 12.3 Å². The lowest BCUT2D eigenvalue weighted by molar-refractivity contribution is -0.116. The van der Waals surface area contributed by atoms with Crippen LogP contribution in [-0.4, -0.2) is 30.5 Å². The Labute approximate surface area is 227 Å². The van der Waals surface area contributed by atoms with Crippen molar-refractivity contribution in [1.29, 1.82) is 0 Å². The number of aromatic nitrogens is 5. The molecule has 3 aromatic heterocycles. The molecule has 0 aliphatic carbocycles. The summed E-state index contributed by atoms with van der Waals surface area (Å²) in [6.45, 7) is 3.65. The Kier molecular flexibility index (Phi) is 7.14. The lowest BCUT2D eigenvalue weighted by atomic mass is 10.1. The van der Waals surface area contributed by atoms with Gasteiger partial charge in [-0.05, 0) is 37.6 Å². The van der Waals surface area contributed by atoms with E-state index in [9.17, 15) is 13.6 Å². The SMILES string of the molecule is Cc1nn(CC(=O)Nc2cc(C)n(Cc3ccc(Cl)cc3Cl)n2)c2nc(-c3ccccc3)cc(C(F)F)c12. The first-order chi connectivity index (χ1) is 18.2. The molecular formula is C27H22Cl2F2N6O. The van der Waals surface area contributed by atoms with Crippen molar-refractivity contribution in [3.63, 3.8) is 0 Å². The van der Waals surface area contributed by atoms with Gasteiger partial charge < -0.3 is 5.32 Å². The van der Waals surface area contributed by atoms with Crippen molar-refractivity contribution in [2.75, 3.05) is 5.32 Å². The highest BCUT2D eigenvalue weighted by molar-refractivity contribution is 6.35. The zero-order valence-corrected chi connectivity index (χ0v) is 21.9. The largest absolute Gasteiger partial charge is 0.308 e. The van der Waals surface area contributed by atoms with Gasteiger partial charge in [-0.15, -0.1) is 0 Å². The number of nitrogens with zero attached hydrogens (tertiary/aromatic N) is 5. The van der Waals surface area contributed by atoms with Gasteiger partial charge in [-0.3, -0.25) is 9.48 Å². The maximum Gasteiger partial charge on any atom is 0.264 e. The number of carbonyl (C=O) groups excluding carboxylic acids is 1. The Morgan fingerprint density at radius 3 is 2.47 bits per heavy atom. The van der Waals surface area contributed by atoms with Gasteiger partial charge in [0.15, 0.2) is 11.5 Å². The van der Waals surface area contributed by atoms with Crippen molar-refractivity contribution in [2.45, 2.75) is 33.4 Å². The number of hydrogen-bond donors (Lipinski definition) is 1. The molecule has 1 N–H and O–H groups in total. The van der Waals surface area contributed by atoms with Gasteiger partial charge in [0, 0.05) is 32.9 Å². The van der Waals surface area contributed by atoms with Crippen LogP contribution in [0.5, 0.6) is 0 Å². The van der Waals surface area contributed by atoms with Crippen molar-refractivity contribution < 1.29 is 13.6 Å². The minimum Gasteiger partial charge on any atom is -0.308 e. The summed E-state index contributed by atoms with van der Waals surface area (Å²) in [5.74, 6) is -0.0777. The number of aryl methyl sites for hydroxylation is 2. The minimum atomic E-state index is -2.73. The van der Waals surface area contributed by atoms with Gasteiger partial charge in [0.25, 0.3) is 6.43 Å². The number of pyridine rings is 1. The fourth-order valence-electron chi connectivity index (χ4n) is 4.29. The van der Waals surface area contributed by atoms with Crippen molar-refractivity contribution in [1.82, 2.24) is 24.5 Å². The summed E-state index contributed by atoms with van der Waals surface area (Å²) >= 11 is 12.3. The van der Waals surface area contributed by atoms with Crippen LogP contribution in [0.3, 0.4) is 0 Å². The highest BCUT2D eigenvalue weighted by Gasteiger charge is 2.22. The Morgan fingerprint density at radius 2 is 1.76 bits per heavy atom. The third-order valence-corrected chi connectivity index (χ3v) is 6.68. The van der Waals surface area contributed by atoms with Crippen molar-refractivity contribution in [3.05, 3.63) is 93.2 Å². The van der Waals surface area contributed by atoms with Gasteiger partial charge in [0.1, 0.15) is 6.54 Å². The number of fused-ring (bicyclic) bond motifs is 1. The van der Waals surface area contributed by atoms with Crippen LogP contribution in [0, 0.1) is 13.8 Å². The first-order valence-electron chi connectivity index (χ1n) is 11.7. The molecule has 0 unspecified atom stereocenters. The lowest BCUT2D eigenvalue weighted by Crippen LogP contribution is -2.20. The molecule has 7 nitrogen and oxygen atoms in total. The van der Waals surface area contributed by atoms with Crippen LogP contribution in [0.15, 0.2) is 60.7 Å². The number of halogens is 4. The summed E-state index contributed by atoms with van der Waals surface area (Å²) in [7, 11) is 0. The topological polar surface area (TPSA) is 77.6 Å². The van der Waals surface area contributed by atoms with E-state index in [1.807, 2.05) is 19.1 Å². The monoisotopic (exact) mass is 554 g/mol. The molecule has 11 heteroatoms. The van der Waals surface area contributed by atoms with Gasteiger partial charge in [0.05, 0.1) is 23.3 Å². The average Bonchev–Trinajstić information content (AvgIpc) is 3.38. The smallest absolute Gasteiger partial charge is 0.264 e. The number of alkyl halides is 2. The number of hydrogen-bond acceptors (Lipinski definition) is 4. The molecule has 0 aliphatic heterocycles. The Morgan fingerprint density at radius 1 is 1.00 bits per heavy atom. The van der Waals surface area contributed by atoms with E-state index in [4.69, 9.17) is 23.2 Å². The predicted octanol–water partition coefficient (Wildman–Crippen LogP) is 6.84. The summed E-state index contributed by atoms with van der Waals surface area (Å²) in [4.78, 5) is 17.5. The molecule has 0 aliphatic rings. The van der Waals surface area contributed by atoms with Gasteiger partial charge in [-0.2, -0.15) is 10.2 Å². The second kappa shape index (κ2) is 10.5. The van der Waals surface area contributed by atoms with Crippen LogP contribution >= 0.6 is 23.2 Å². The van der Waals surface area contributed by atoms with E-state index in [1.165, 1.54) is 10.7 Å². The van der Waals surface area contributed by atoms with Crippen molar-refractivity contribution >= 4 is 46.0 Å². The zero-order chi connectivity index (χ0) is 27.0. The molecule has 2 aromatic carbocycles. The second-order valence-electron chi connectivity index (χ2n) is 8.82. The van der Waals surface area contributed by atoms with E-state index >= 15 is 0 Å². The van der Waals surface area contributed by atoms with Crippen LogP contribution in [0.2, 0.25) is 10.0 Å². The maximum atomic E-state index is 14.0. The van der Waals surface area contributed by atoms with E-state index in [-0.39, 0.29) is 23.1 Å². The minimum absolute atomic E-state index is 0.173. The third-order valence-electron chi connectivity index (χ3n) is 6.09. The van der Waals surface area contributed by atoms with Gasteiger partial charge in [0.2, 0.25) is 5.91 Å². The second-order valence-corrected chi connectivity index (χ2v) is 9.66. The molecule has 0 radical (unpaired) electrons. The summed E-state index contributed by atoms with van der Waals surface area (Å²) in [5, 5.41) is 12.9. The number of nitrogens with one attached hydrogen (secondary N) is 1. The molecule has 5 rings (SSSR count). The average molecular weight is 555 g/mol. The molecule has 38 heavy (non-hydrogen) atoms. The molecule has 0 saturated heterocycles. The summed E-state index contributed by atoms with van der Waals surface area (Å²) in [6.07, 6.45) is -2.73. The van der Waals surface area contributed by atoms with Crippen LogP contribution in [0.25, 0.3) is 22.3 Å². The number of benzene rings is 2. The van der Waals surface area contributed by atoms with Crippen LogP contribution in [-0.2, 0) is 17.9 Å². The number of anilines is 1. The zero-order valence-electron chi connectivity index (χ0n) is 20.4.